The highest BCUT2D eigenvalue weighted by atomic mass is 16.3. The minimum Gasteiger partial charge on any atom is -0.390 e. The smallest absolute Gasteiger partial charge is 0.126 e. The van der Waals surface area contributed by atoms with Gasteiger partial charge in [-0.1, -0.05) is 141 Å². The van der Waals surface area contributed by atoms with Crippen molar-refractivity contribution in [3.05, 3.63) is 144 Å². The van der Waals surface area contributed by atoms with Gasteiger partial charge in [0.25, 0.3) is 0 Å². The average Bonchev–Trinajstić information content (AvgIpc) is 3.00. The Labute approximate surface area is 227 Å². The van der Waals surface area contributed by atoms with E-state index in [0.717, 1.165) is 47.9 Å². The Bertz CT molecular complexity index is 1200. The Hall–Kier alpha value is -3.71. The second-order valence-electron chi connectivity index (χ2n) is 10.4. The van der Waals surface area contributed by atoms with Crippen LogP contribution in [0.4, 0.5) is 0 Å². The van der Waals surface area contributed by atoms with Gasteiger partial charge in [-0.2, -0.15) is 5.26 Å². The number of aliphatic hydroxyl groups is 1. The van der Waals surface area contributed by atoms with Gasteiger partial charge in [0.15, 0.2) is 0 Å². The predicted octanol–water partition coefficient (Wildman–Crippen LogP) is 7.31. The maximum absolute atomic E-state index is 11.9. The molecule has 192 valence electrons. The summed E-state index contributed by atoms with van der Waals surface area (Å²) >= 11 is 0. The van der Waals surface area contributed by atoms with E-state index >= 15 is 0 Å². The first-order valence-electron chi connectivity index (χ1n) is 13.8. The molecule has 3 heteroatoms. The number of benzene rings is 4. The Morgan fingerprint density at radius 1 is 0.684 bits per heavy atom. The molecule has 1 aliphatic carbocycles. The van der Waals surface area contributed by atoms with Gasteiger partial charge in [0.1, 0.15) is 6.04 Å². The van der Waals surface area contributed by atoms with Crippen LogP contribution in [-0.2, 0) is 12.1 Å². The number of hydrogen-bond acceptors (Lipinski definition) is 3. The fourth-order valence-corrected chi connectivity index (χ4v) is 6.31. The maximum Gasteiger partial charge on any atom is 0.126 e. The summed E-state index contributed by atoms with van der Waals surface area (Å²) in [7, 11) is 0. The number of rotatable bonds is 9. The third-order valence-electron chi connectivity index (χ3n) is 8.13. The molecule has 0 aromatic heterocycles. The number of hydrogen-bond donors (Lipinski definition) is 1. The van der Waals surface area contributed by atoms with Crippen LogP contribution in [-0.4, -0.2) is 22.2 Å². The van der Waals surface area contributed by atoms with Crippen LogP contribution in [0.15, 0.2) is 121 Å². The molecule has 0 heterocycles. The van der Waals surface area contributed by atoms with Crippen LogP contribution in [0.2, 0.25) is 0 Å². The van der Waals surface area contributed by atoms with Crippen LogP contribution >= 0.6 is 0 Å². The molecule has 4 aromatic carbocycles. The van der Waals surface area contributed by atoms with E-state index in [0.29, 0.717) is 6.54 Å². The fraction of sp³-hybridized carbons (Fsp3) is 0.286. The van der Waals surface area contributed by atoms with Gasteiger partial charge >= 0.3 is 0 Å². The summed E-state index contributed by atoms with van der Waals surface area (Å²) in [5.74, 6) is 0.117. The van der Waals surface area contributed by atoms with E-state index in [9.17, 15) is 10.4 Å². The van der Waals surface area contributed by atoms with Gasteiger partial charge in [-0.15, -0.1) is 0 Å². The summed E-state index contributed by atoms with van der Waals surface area (Å²) in [6, 6.07) is 43.6. The molecule has 1 N–H and O–H groups in total. The first-order chi connectivity index (χ1) is 18.7. The first kappa shape index (κ1) is 25.9. The largest absolute Gasteiger partial charge is 0.390 e. The van der Waals surface area contributed by atoms with Crippen LogP contribution in [0.5, 0.6) is 0 Å². The molecule has 2 atom stereocenters. The zero-order valence-corrected chi connectivity index (χ0v) is 21.9. The minimum absolute atomic E-state index is 0.117. The van der Waals surface area contributed by atoms with E-state index in [4.69, 9.17) is 0 Å². The van der Waals surface area contributed by atoms with Gasteiger partial charge in [-0.3, -0.25) is 4.90 Å². The Kier molecular flexibility index (Phi) is 8.34. The molecular formula is C35H36N2O. The van der Waals surface area contributed by atoms with Crippen molar-refractivity contribution in [3.8, 4) is 6.07 Å². The second kappa shape index (κ2) is 12.2. The van der Waals surface area contributed by atoms with Gasteiger partial charge < -0.3 is 5.11 Å². The molecule has 0 aliphatic heterocycles. The lowest BCUT2D eigenvalue weighted by Crippen LogP contribution is -2.57. The van der Waals surface area contributed by atoms with Gasteiger partial charge in [0.05, 0.1) is 17.7 Å². The van der Waals surface area contributed by atoms with Crippen molar-refractivity contribution in [2.45, 2.75) is 56.3 Å². The molecular weight excluding hydrogens is 464 g/mol. The average molecular weight is 501 g/mol. The first-order valence-corrected chi connectivity index (χ1v) is 13.8. The summed E-state index contributed by atoms with van der Waals surface area (Å²) < 4.78 is 0. The lowest BCUT2D eigenvalue weighted by molar-refractivity contribution is -0.0122. The Morgan fingerprint density at radius 3 is 1.53 bits per heavy atom. The lowest BCUT2D eigenvalue weighted by atomic mass is 9.73. The molecule has 0 spiro atoms. The molecule has 3 nitrogen and oxygen atoms in total. The predicted molar refractivity (Wildman–Crippen MR) is 153 cm³/mol. The van der Waals surface area contributed by atoms with Crippen LogP contribution < -0.4 is 0 Å². The third-order valence-corrected chi connectivity index (χ3v) is 8.13. The van der Waals surface area contributed by atoms with E-state index in [2.05, 4.69) is 95.9 Å². The molecule has 0 saturated heterocycles. The summed E-state index contributed by atoms with van der Waals surface area (Å²) in [5.41, 5.74) is 3.53. The number of nitriles is 1. The highest BCUT2D eigenvalue weighted by molar-refractivity contribution is 5.50. The van der Waals surface area contributed by atoms with E-state index in [1.54, 1.807) is 0 Å². The SMILES string of the molecule is N#C[C@H]([C@H](O)C1CCCCC1)N(Cc1ccccc1)C(c1ccccc1)(c1ccccc1)c1ccccc1. The Morgan fingerprint density at radius 2 is 1.11 bits per heavy atom. The van der Waals surface area contributed by atoms with Gasteiger partial charge in [-0.05, 0) is 41.0 Å². The maximum atomic E-state index is 11.9. The molecule has 38 heavy (non-hydrogen) atoms. The second-order valence-corrected chi connectivity index (χ2v) is 10.4. The quantitative estimate of drug-likeness (QED) is 0.245. The van der Waals surface area contributed by atoms with Crippen molar-refractivity contribution in [3.63, 3.8) is 0 Å². The normalized spacial score (nSPS) is 16.0. The lowest BCUT2D eigenvalue weighted by Gasteiger charge is -2.49. The zero-order chi connectivity index (χ0) is 26.2. The molecule has 1 saturated carbocycles. The minimum atomic E-state index is -0.796. The van der Waals surface area contributed by atoms with Gasteiger partial charge in [0, 0.05) is 6.54 Å². The van der Waals surface area contributed by atoms with Crippen molar-refractivity contribution in [1.29, 1.82) is 5.26 Å². The topological polar surface area (TPSA) is 47.3 Å². The number of nitrogens with zero attached hydrogens (tertiary/aromatic N) is 2. The third kappa shape index (κ3) is 5.16. The summed E-state index contributed by atoms with van der Waals surface area (Å²) in [6.07, 6.45) is 4.61. The Balaban J connectivity index is 1.79. The highest BCUT2D eigenvalue weighted by Gasteiger charge is 2.48. The molecule has 0 radical (unpaired) electrons. The molecule has 0 unspecified atom stereocenters. The van der Waals surface area contributed by atoms with Crippen molar-refractivity contribution < 1.29 is 5.11 Å². The zero-order valence-electron chi connectivity index (χ0n) is 21.9. The van der Waals surface area contributed by atoms with Crippen molar-refractivity contribution in [2.75, 3.05) is 0 Å². The molecule has 0 amide bonds. The standard InChI is InChI=1S/C35H36N2O/c36-26-33(34(38)29-18-8-2-9-19-29)37(27-28-16-6-1-7-17-28)35(30-20-10-3-11-21-30,31-22-12-4-13-23-31)32-24-14-5-15-25-32/h1,3-7,10-17,20-25,29,33-34,38H,2,8-9,18-19,27H2/t33-,34-/m1/s1. The van der Waals surface area contributed by atoms with Crippen LogP contribution in [0, 0.1) is 17.2 Å². The van der Waals surface area contributed by atoms with Crippen LogP contribution in [0.25, 0.3) is 0 Å². The van der Waals surface area contributed by atoms with Crippen LogP contribution in [0.3, 0.4) is 0 Å². The molecule has 4 aromatic rings. The van der Waals surface area contributed by atoms with E-state index in [1.807, 2.05) is 36.4 Å². The van der Waals surface area contributed by atoms with E-state index in [-0.39, 0.29) is 5.92 Å². The summed E-state index contributed by atoms with van der Waals surface area (Å²) in [5, 5.41) is 22.7. The molecule has 0 bridgehead atoms. The molecule has 1 fully saturated rings. The van der Waals surface area contributed by atoms with Gasteiger partial charge in [0.2, 0.25) is 0 Å². The van der Waals surface area contributed by atoms with E-state index in [1.165, 1.54) is 6.42 Å². The fourth-order valence-electron chi connectivity index (χ4n) is 6.31. The van der Waals surface area contributed by atoms with Crippen molar-refractivity contribution in [1.82, 2.24) is 4.90 Å². The number of aliphatic hydroxyl groups excluding tert-OH is 1. The van der Waals surface area contributed by atoms with Gasteiger partial charge in [-0.25, -0.2) is 0 Å². The van der Waals surface area contributed by atoms with Crippen molar-refractivity contribution in [2.24, 2.45) is 5.92 Å². The van der Waals surface area contributed by atoms with Crippen molar-refractivity contribution >= 4 is 0 Å². The van der Waals surface area contributed by atoms with E-state index < -0.39 is 17.7 Å². The summed E-state index contributed by atoms with van der Waals surface area (Å²) in [6.45, 7) is 0.515. The van der Waals surface area contributed by atoms with Crippen LogP contribution in [0.1, 0.15) is 54.4 Å². The molecule has 5 rings (SSSR count). The summed E-state index contributed by atoms with van der Waals surface area (Å²) in [4.78, 5) is 2.27. The molecule has 1 aliphatic rings. The highest BCUT2D eigenvalue weighted by Crippen LogP contribution is 2.45. The monoisotopic (exact) mass is 500 g/mol.